The third-order valence-corrected chi connectivity index (χ3v) is 6.19. The molecule has 3 aromatic carbocycles. The molecule has 17 nitrogen and oxygen atoms in total. The van der Waals surface area contributed by atoms with Crippen LogP contribution in [0.15, 0.2) is 72.8 Å². The number of nitro benzene ring substituents is 2. The van der Waals surface area contributed by atoms with E-state index < -0.39 is 45.9 Å². The number of amides is 2. The van der Waals surface area contributed by atoms with Gasteiger partial charge < -0.3 is 30.6 Å². The number of non-ortho nitro benzene ring substituents is 2. The van der Waals surface area contributed by atoms with Crippen molar-refractivity contribution >= 4 is 47.3 Å². The number of nitrogens with two attached hydrogens (primary N) is 1. The number of rotatable bonds is 16. The molecule has 0 bridgehead atoms. The van der Waals surface area contributed by atoms with E-state index >= 15 is 0 Å². The molecule has 46 heavy (non-hydrogen) atoms. The number of benzene rings is 3. The summed E-state index contributed by atoms with van der Waals surface area (Å²) in [6.45, 7) is -0.204. The van der Waals surface area contributed by atoms with E-state index in [0.717, 1.165) is 24.3 Å². The molecule has 2 amide bonds. The molecule has 3 rings (SSSR count). The summed E-state index contributed by atoms with van der Waals surface area (Å²) in [6, 6.07) is 15.3. The maximum absolute atomic E-state index is 12.4. The van der Waals surface area contributed by atoms with Crippen molar-refractivity contribution in [2.45, 2.75) is 31.6 Å². The fourth-order valence-corrected chi connectivity index (χ4v) is 3.95. The minimum absolute atomic E-state index is 0.0415. The zero-order valence-corrected chi connectivity index (χ0v) is 23.9. The molecule has 0 saturated carbocycles. The van der Waals surface area contributed by atoms with Crippen molar-refractivity contribution in [3.8, 4) is 5.75 Å². The minimum atomic E-state index is -1.21. The number of carbonyl (C=O) groups is 5. The number of primary amides is 1. The van der Waals surface area contributed by atoms with Crippen molar-refractivity contribution in [1.82, 2.24) is 5.32 Å². The predicted molar refractivity (Wildman–Crippen MR) is 158 cm³/mol. The van der Waals surface area contributed by atoms with Crippen molar-refractivity contribution in [3.63, 3.8) is 0 Å². The molecule has 2 unspecified atom stereocenters. The molecule has 240 valence electrons. The summed E-state index contributed by atoms with van der Waals surface area (Å²) in [5.41, 5.74) is 5.70. The Morgan fingerprint density at radius 3 is 2.00 bits per heavy atom. The molecule has 2 atom stereocenters. The Bertz CT molecular complexity index is 1580. The van der Waals surface area contributed by atoms with Crippen LogP contribution < -0.4 is 21.1 Å². The molecule has 4 N–H and O–H groups in total. The molecule has 0 aromatic heterocycles. The first-order chi connectivity index (χ1) is 21.9. The highest BCUT2D eigenvalue weighted by Gasteiger charge is 2.21. The first-order valence-corrected chi connectivity index (χ1v) is 13.4. The largest absolute Gasteiger partial charge is 0.514 e. The van der Waals surface area contributed by atoms with Gasteiger partial charge in [-0.05, 0) is 48.4 Å². The van der Waals surface area contributed by atoms with Crippen LogP contribution in [0.2, 0.25) is 0 Å². The van der Waals surface area contributed by atoms with Crippen LogP contribution in [-0.2, 0) is 25.7 Å². The fourth-order valence-electron chi connectivity index (χ4n) is 3.95. The zero-order chi connectivity index (χ0) is 33.6. The van der Waals surface area contributed by atoms with Gasteiger partial charge in [0, 0.05) is 54.5 Å². The van der Waals surface area contributed by atoms with Gasteiger partial charge in [-0.1, -0.05) is 12.1 Å². The molecule has 0 aliphatic carbocycles. The second-order valence-corrected chi connectivity index (χ2v) is 9.45. The Morgan fingerprint density at radius 1 is 0.870 bits per heavy atom. The number of ketones is 1. The number of Topliss-reactive ketones (excluding diaryl/α,β-unsaturated/α-hetero) is 1. The van der Waals surface area contributed by atoms with Gasteiger partial charge in [-0.3, -0.25) is 34.6 Å². The maximum Gasteiger partial charge on any atom is 0.514 e. The van der Waals surface area contributed by atoms with Crippen LogP contribution in [0.1, 0.15) is 28.8 Å². The van der Waals surface area contributed by atoms with Gasteiger partial charge in [0.15, 0.2) is 12.4 Å². The highest BCUT2D eigenvalue weighted by atomic mass is 16.7. The summed E-state index contributed by atoms with van der Waals surface area (Å²) in [7, 11) is 0. The van der Waals surface area contributed by atoms with Gasteiger partial charge in [-0.25, -0.2) is 9.59 Å². The van der Waals surface area contributed by atoms with Crippen molar-refractivity contribution in [1.29, 1.82) is 0 Å². The Labute approximate surface area is 259 Å². The van der Waals surface area contributed by atoms with Gasteiger partial charge in [0.25, 0.3) is 17.3 Å². The summed E-state index contributed by atoms with van der Waals surface area (Å²) in [5, 5.41) is 27.1. The van der Waals surface area contributed by atoms with Gasteiger partial charge in [0.1, 0.15) is 12.4 Å². The van der Waals surface area contributed by atoms with Crippen LogP contribution in [0, 0.1) is 20.2 Å². The Morgan fingerprint density at radius 2 is 1.46 bits per heavy atom. The van der Waals surface area contributed by atoms with Gasteiger partial charge in [0.2, 0.25) is 5.78 Å². The van der Waals surface area contributed by atoms with Crippen LogP contribution in [0.25, 0.3) is 0 Å². The predicted octanol–water partition coefficient (Wildman–Crippen LogP) is 3.44. The molecular formula is C29H27N5O12. The Balaban J connectivity index is 1.56. The number of anilines is 1. The molecule has 3 aromatic rings. The molecule has 0 heterocycles. The van der Waals surface area contributed by atoms with E-state index in [2.05, 4.69) is 10.6 Å². The molecule has 0 aliphatic rings. The van der Waals surface area contributed by atoms with Crippen molar-refractivity contribution in [2.75, 3.05) is 11.9 Å². The quantitative estimate of drug-likeness (QED) is 0.0388. The van der Waals surface area contributed by atoms with Gasteiger partial charge in [-0.2, -0.15) is 0 Å². The molecular weight excluding hydrogens is 610 g/mol. The lowest BCUT2D eigenvalue weighted by molar-refractivity contribution is -0.385. The number of aldehydes is 1. The minimum Gasteiger partial charge on any atom is -0.439 e. The normalized spacial score (nSPS) is 11.7. The lowest BCUT2D eigenvalue weighted by Gasteiger charge is -2.23. The molecule has 0 spiro atoms. The number of nitro groups is 2. The standard InChI is InChI=1S/C29H27N5O12/c30-28(38)45-25(16-35)15-21(13-14-31-27(37)26(36)19-3-7-22(8-4-19)33(40)41)32-20-5-1-18(2-6-20)17-44-29(39)46-24-11-9-23(10-12-24)34(42)43/h1-12,16,21,25,32H,13-15,17H2,(H2,30,38)(H,31,37). The topological polar surface area (TPSA) is 249 Å². The summed E-state index contributed by atoms with van der Waals surface area (Å²) in [6.07, 6.45) is -2.88. The third kappa shape index (κ3) is 10.7. The second kappa shape index (κ2) is 16.5. The van der Waals surface area contributed by atoms with Crippen LogP contribution in [0.3, 0.4) is 0 Å². The van der Waals surface area contributed by atoms with E-state index in [0.29, 0.717) is 17.5 Å². The number of hydrogen-bond donors (Lipinski definition) is 3. The molecule has 0 radical (unpaired) electrons. The third-order valence-electron chi connectivity index (χ3n) is 6.19. The first-order valence-electron chi connectivity index (χ1n) is 13.4. The Hall–Kier alpha value is -6.39. The lowest BCUT2D eigenvalue weighted by atomic mass is 10.0. The van der Waals surface area contributed by atoms with Crippen LogP contribution in [0.5, 0.6) is 5.75 Å². The smallest absolute Gasteiger partial charge is 0.439 e. The van der Waals surface area contributed by atoms with E-state index in [1.807, 2.05) is 0 Å². The monoisotopic (exact) mass is 637 g/mol. The first kappa shape index (κ1) is 34.1. The van der Waals surface area contributed by atoms with Crippen molar-refractivity contribution in [3.05, 3.63) is 104 Å². The van der Waals surface area contributed by atoms with E-state index in [1.54, 1.807) is 24.3 Å². The SMILES string of the molecule is NC(=O)OC(C=O)CC(CCNC(=O)C(=O)c1ccc([N+](=O)[O-])cc1)Nc1ccc(COC(=O)Oc2ccc([N+](=O)[O-])cc2)cc1. The highest BCUT2D eigenvalue weighted by Crippen LogP contribution is 2.19. The molecule has 17 heteroatoms. The van der Waals surface area contributed by atoms with E-state index in [-0.39, 0.29) is 48.7 Å². The second-order valence-electron chi connectivity index (χ2n) is 9.45. The molecule has 0 fully saturated rings. The zero-order valence-electron chi connectivity index (χ0n) is 23.9. The number of hydrogen-bond acceptors (Lipinski definition) is 13. The average molecular weight is 638 g/mol. The summed E-state index contributed by atoms with van der Waals surface area (Å²) >= 11 is 0. The van der Waals surface area contributed by atoms with Crippen LogP contribution >= 0.6 is 0 Å². The summed E-state index contributed by atoms with van der Waals surface area (Å²) in [5.74, 6) is -1.80. The lowest BCUT2D eigenvalue weighted by Crippen LogP contribution is -2.36. The van der Waals surface area contributed by atoms with E-state index in [1.165, 1.54) is 24.3 Å². The van der Waals surface area contributed by atoms with Crippen molar-refractivity contribution < 1.29 is 48.0 Å². The van der Waals surface area contributed by atoms with Crippen LogP contribution in [-0.4, -0.2) is 58.8 Å². The highest BCUT2D eigenvalue weighted by molar-refractivity contribution is 6.42. The number of nitrogens with one attached hydrogen (secondary N) is 2. The van der Waals surface area contributed by atoms with Gasteiger partial charge >= 0.3 is 12.2 Å². The van der Waals surface area contributed by atoms with Gasteiger partial charge in [-0.15, -0.1) is 0 Å². The maximum atomic E-state index is 12.4. The van der Waals surface area contributed by atoms with Crippen LogP contribution in [0.4, 0.5) is 26.7 Å². The summed E-state index contributed by atoms with van der Waals surface area (Å²) < 4.78 is 14.9. The van der Waals surface area contributed by atoms with E-state index in [9.17, 15) is 44.2 Å². The molecule has 0 saturated heterocycles. The number of carbonyl (C=O) groups excluding carboxylic acids is 5. The average Bonchev–Trinajstić information content (AvgIpc) is 3.03. The fraction of sp³-hybridized carbons (Fsp3) is 0.207. The molecule has 0 aliphatic heterocycles. The number of nitrogens with zero attached hydrogens (tertiary/aromatic N) is 2. The number of ether oxygens (including phenoxy) is 3. The van der Waals surface area contributed by atoms with E-state index in [4.69, 9.17) is 19.9 Å². The van der Waals surface area contributed by atoms with Gasteiger partial charge in [0.05, 0.1) is 9.85 Å². The van der Waals surface area contributed by atoms with Crippen molar-refractivity contribution in [2.24, 2.45) is 5.73 Å². The summed E-state index contributed by atoms with van der Waals surface area (Å²) in [4.78, 5) is 79.7. The Kier molecular flexibility index (Phi) is 12.2.